The average molecular weight is 255 g/mol. The molecule has 0 saturated carbocycles. The summed E-state index contributed by atoms with van der Waals surface area (Å²) in [6.45, 7) is 4.61. The first-order valence-electron chi connectivity index (χ1n) is 5.94. The van der Waals surface area contributed by atoms with Crippen LogP contribution >= 0.6 is 11.6 Å². The van der Waals surface area contributed by atoms with Gasteiger partial charge in [0.05, 0.1) is 0 Å². The van der Waals surface area contributed by atoms with E-state index in [2.05, 4.69) is 24.5 Å². The van der Waals surface area contributed by atoms with Crippen molar-refractivity contribution < 1.29 is 4.79 Å². The van der Waals surface area contributed by atoms with Gasteiger partial charge in [-0.1, -0.05) is 37.6 Å². The lowest BCUT2D eigenvalue weighted by Gasteiger charge is -2.15. The Bertz CT molecular complexity index is 364. The molecule has 94 valence electrons. The van der Waals surface area contributed by atoms with Crippen LogP contribution in [0.15, 0.2) is 24.3 Å². The second kappa shape index (κ2) is 7.17. The molecule has 0 spiro atoms. The van der Waals surface area contributed by atoms with Crippen LogP contribution in [0.4, 0.5) is 4.79 Å². The summed E-state index contributed by atoms with van der Waals surface area (Å²) in [4.78, 5) is 11.6. The van der Waals surface area contributed by atoms with E-state index in [1.807, 2.05) is 24.3 Å². The Morgan fingerprint density at radius 3 is 2.65 bits per heavy atom. The smallest absolute Gasteiger partial charge is 0.315 e. The summed E-state index contributed by atoms with van der Waals surface area (Å²) in [5.74, 6) is 0. The monoisotopic (exact) mass is 254 g/mol. The van der Waals surface area contributed by atoms with Crippen molar-refractivity contribution in [1.82, 2.24) is 10.6 Å². The van der Waals surface area contributed by atoms with Gasteiger partial charge in [-0.25, -0.2) is 4.79 Å². The fraction of sp³-hybridized carbons (Fsp3) is 0.462. The number of carbonyl (C=O) groups is 1. The van der Waals surface area contributed by atoms with Gasteiger partial charge in [-0.15, -0.1) is 0 Å². The van der Waals surface area contributed by atoms with E-state index in [-0.39, 0.29) is 12.1 Å². The maximum atomic E-state index is 11.6. The lowest BCUT2D eigenvalue weighted by atomic mass is 10.2. The summed E-state index contributed by atoms with van der Waals surface area (Å²) in [6.07, 6.45) is 1.89. The Labute approximate surface area is 108 Å². The van der Waals surface area contributed by atoms with Gasteiger partial charge in [0.15, 0.2) is 0 Å². The fourth-order valence-electron chi connectivity index (χ4n) is 1.56. The molecule has 1 aromatic carbocycles. The van der Waals surface area contributed by atoms with Crippen molar-refractivity contribution in [2.75, 3.05) is 0 Å². The highest BCUT2D eigenvalue weighted by atomic mass is 35.5. The number of nitrogens with one attached hydrogen (secondary N) is 2. The zero-order valence-electron chi connectivity index (χ0n) is 10.3. The second-order valence-electron chi connectivity index (χ2n) is 3.97. The van der Waals surface area contributed by atoms with Crippen molar-refractivity contribution in [2.45, 2.75) is 39.3 Å². The third-order valence-corrected chi connectivity index (χ3v) is 2.90. The number of halogens is 1. The summed E-state index contributed by atoms with van der Waals surface area (Å²) >= 11 is 5.86. The predicted molar refractivity (Wildman–Crippen MR) is 71.2 cm³/mol. The number of carbonyl (C=O) groups excluding carboxylic acids is 1. The molecule has 0 radical (unpaired) electrons. The number of benzene rings is 1. The van der Waals surface area contributed by atoms with Crippen molar-refractivity contribution in [1.29, 1.82) is 0 Å². The molecule has 3 nitrogen and oxygen atoms in total. The van der Waals surface area contributed by atoms with Crippen LogP contribution in [0.5, 0.6) is 0 Å². The van der Waals surface area contributed by atoms with Gasteiger partial charge in [0.1, 0.15) is 0 Å². The fourth-order valence-corrected chi connectivity index (χ4v) is 1.77. The standard InChI is InChI=1S/C13H19ClN2O/c1-3-12(4-2)16-13(17)15-9-10-6-5-7-11(14)8-10/h5-8,12H,3-4,9H2,1-2H3,(H2,15,16,17). The molecule has 17 heavy (non-hydrogen) atoms. The Balaban J connectivity index is 2.38. The van der Waals surface area contributed by atoms with Gasteiger partial charge in [0.2, 0.25) is 0 Å². The minimum absolute atomic E-state index is 0.126. The molecule has 0 aliphatic rings. The van der Waals surface area contributed by atoms with Crippen molar-refractivity contribution >= 4 is 17.6 Å². The van der Waals surface area contributed by atoms with Crippen LogP contribution < -0.4 is 10.6 Å². The predicted octanol–water partition coefficient (Wildman–Crippen LogP) is 3.33. The highest BCUT2D eigenvalue weighted by Crippen LogP contribution is 2.10. The van der Waals surface area contributed by atoms with E-state index in [1.54, 1.807) is 0 Å². The van der Waals surface area contributed by atoms with Gasteiger partial charge in [-0.2, -0.15) is 0 Å². The van der Waals surface area contributed by atoms with E-state index in [0.717, 1.165) is 18.4 Å². The van der Waals surface area contributed by atoms with Crippen LogP contribution in [0.2, 0.25) is 5.02 Å². The summed E-state index contributed by atoms with van der Waals surface area (Å²) in [6, 6.07) is 7.59. The number of urea groups is 1. The number of hydrogen-bond acceptors (Lipinski definition) is 1. The highest BCUT2D eigenvalue weighted by molar-refractivity contribution is 6.30. The first kappa shape index (κ1) is 13.8. The van der Waals surface area contributed by atoms with Gasteiger partial charge in [-0.05, 0) is 30.5 Å². The van der Waals surface area contributed by atoms with Crippen LogP contribution in [-0.4, -0.2) is 12.1 Å². The molecule has 1 aromatic rings. The van der Waals surface area contributed by atoms with E-state index in [4.69, 9.17) is 11.6 Å². The number of amides is 2. The first-order valence-corrected chi connectivity index (χ1v) is 6.32. The van der Waals surface area contributed by atoms with Gasteiger partial charge < -0.3 is 10.6 Å². The molecule has 0 fully saturated rings. The molecular formula is C13H19ClN2O. The lowest BCUT2D eigenvalue weighted by molar-refractivity contribution is 0.235. The maximum Gasteiger partial charge on any atom is 0.315 e. The van der Waals surface area contributed by atoms with E-state index < -0.39 is 0 Å². The molecule has 4 heteroatoms. The van der Waals surface area contributed by atoms with Crippen molar-refractivity contribution in [3.8, 4) is 0 Å². The molecule has 0 saturated heterocycles. The van der Waals surface area contributed by atoms with Crippen molar-refractivity contribution in [3.05, 3.63) is 34.9 Å². The highest BCUT2D eigenvalue weighted by Gasteiger charge is 2.07. The molecule has 0 aliphatic carbocycles. The Kier molecular flexibility index (Phi) is 5.84. The summed E-state index contributed by atoms with van der Waals surface area (Å²) in [5.41, 5.74) is 0.997. The maximum absolute atomic E-state index is 11.6. The molecule has 0 aliphatic heterocycles. The lowest BCUT2D eigenvalue weighted by Crippen LogP contribution is -2.41. The summed E-state index contributed by atoms with van der Waals surface area (Å²) in [5, 5.41) is 6.42. The van der Waals surface area contributed by atoms with Crippen LogP contribution in [-0.2, 0) is 6.54 Å². The van der Waals surface area contributed by atoms with Crippen LogP contribution in [0, 0.1) is 0 Å². The quantitative estimate of drug-likeness (QED) is 0.832. The third-order valence-electron chi connectivity index (χ3n) is 2.66. The average Bonchev–Trinajstić information content (AvgIpc) is 2.33. The zero-order valence-corrected chi connectivity index (χ0v) is 11.1. The first-order chi connectivity index (χ1) is 8.15. The summed E-state index contributed by atoms with van der Waals surface area (Å²) < 4.78 is 0. The SMILES string of the molecule is CCC(CC)NC(=O)NCc1cccc(Cl)c1. The van der Waals surface area contributed by atoms with Crippen LogP contribution in [0.3, 0.4) is 0 Å². The normalized spacial score (nSPS) is 10.4. The van der Waals surface area contributed by atoms with Gasteiger partial charge in [0, 0.05) is 17.6 Å². The molecule has 0 unspecified atom stereocenters. The molecule has 1 rings (SSSR count). The minimum atomic E-state index is -0.126. The molecule has 2 amide bonds. The Morgan fingerprint density at radius 2 is 2.06 bits per heavy atom. The molecule has 0 aromatic heterocycles. The van der Waals surface area contributed by atoms with Gasteiger partial charge in [-0.3, -0.25) is 0 Å². The minimum Gasteiger partial charge on any atom is -0.335 e. The number of hydrogen-bond donors (Lipinski definition) is 2. The second-order valence-corrected chi connectivity index (χ2v) is 4.41. The molecule has 0 heterocycles. The van der Waals surface area contributed by atoms with E-state index in [0.29, 0.717) is 11.6 Å². The van der Waals surface area contributed by atoms with Crippen LogP contribution in [0.1, 0.15) is 32.3 Å². The van der Waals surface area contributed by atoms with Gasteiger partial charge >= 0.3 is 6.03 Å². The molecule has 0 atom stereocenters. The Morgan fingerprint density at radius 1 is 1.35 bits per heavy atom. The molecular weight excluding hydrogens is 236 g/mol. The largest absolute Gasteiger partial charge is 0.335 e. The van der Waals surface area contributed by atoms with Crippen LogP contribution in [0.25, 0.3) is 0 Å². The van der Waals surface area contributed by atoms with E-state index >= 15 is 0 Å². The topological polar surface area (TPSA) is 41.1 Å². The van der Waals surface area contributed by atoms with E-state index in [1.165, 1.54) is 0 Å². The summed E-state index contributed by atoms with van der Waals surface area (Å²) in [7, 11) is 0. The molecule has 0 bridgehead atoms. The number of rotatable bonds is 5. The van der Waals surface area contributed by atoms with E-state index in [9.17, 15) is 4.79 Å². The van der Waals surface area contributed by atoms with Crippen molar-refractivity contribution in [3.63, 3.8) is 0 Å². The third kappa shape index (κ3) is 5.09. The Hall–Kier alpha value is -1.22. The molecule has 2 N–H and O–H groups in total. The van der Waals surface area contributed by atoms with Gasteiger partial charge in [0.25, 0.3) is 0 Å². The van der Waals surface area contributed by atoms with Crippen molar-refractivity contribution in [2.24, 2.45) is 0 Å². The zero-order chi connectivity index (χ0) is 12.7.